The summed E-state index contributed by atoms with van der Waals surface area (Å²) in [6.07, 6.45) is 1.82. The van der Waals surface area contributed by atoms with Gasteiger partial charge in [0.15, 0.2) is 5.13 Å². The number of ether oxygens (including phenoxy) is 1. The van der Waals surface area contributed by atoms with Crippen molar-refractivity contribution in [3.63, 3.8) is 0 Å². The van der Waals surface area contributed by atoms with Crippen LogP contribution in [0, 0.1) is 6.92 Å². The zero-order chi connectivity index (χ0) is 18.3. The third-order valence-corrected chi connectivity index (χ3v) is 7.10. The van der Waals surface area contributed by atoms with Crippen LogP contribution in [-0.4, -0.2) is 48.1 Å². The largest absolute Gasteiger partial charge is 0.462 e. The number of amides is 1. The summed E-state index contributed by atoms with van der Waals surface area (Å²) in [4.78, 5) is 37.0. The Hall–Kier alpha value is -2.00. The van der Waals surface area contributed by atoms with Gasteiger partial charge in [-0.2, -0.15) is 0 Å². The predicted molar refractivity (Wildman–Crippen MR) is 101 cm³/mol. The van der Waals surface area contributed by atoms with E-state index in [9.17, 15) is 9.59 Å². The summed E-state index contributed by atoms with van der Waals surface area (Å²) in [6, 6.07) is 0. The fraction of sp³-hybridized carbons (Fsp3) is 0.529. The minimum Gasteiger partial charge on any atom is -0.462 e. The maximum Gasteiger partial charge on any atom is 0.350 e. The number of carbonyl (C=O) groups is 2. The van der Waals surface area contributed by atoms with E-state index < -0.39 is 0 Å². The Morgan fingerprint density at radius 3 is 3.00 bits per heavy atom. The summed E-state index contributed by atoms with van der Waals surface area (Å²) in [7, 11) is 0. The van der Waals surface area contributed by atoms with Crippen LogP contribution in [-0.2, 0) is 11.2 Å². The topological polar surface area (TPSA) is 84.4 Å². The second kappa shape index (κ2) is 6.96. The molecule has 2 aliphatic rings. The molecule has 0 radical (unpaired) electrons. The zero-order valence-corrected chi connectivity index (χ0v) is 16.3. The van der Waals surface area contributed by atoms with E-state index in [2.05, 4.69) is 20.2 Å². The van der Waals surface area contributed by atoms with Crippen LogP contribution < -0.4 is 10.2 Å². The standard InChI is InChI=1S/C17H20N4O3S2/c1-3-24-16(23)13-9(2)19-15(26-13)10-5-7-21(8-10)17-20-12-11(25-17)4-6-18-14(12)22/h10H,3-8H2,1-2H3,(H,18,22). The monoisotopic (exact) mass is 392 g/mol. The number of carbonyl (C=O) groups excluding carboxylic acids is 2. The number of hydrogen-bond donors (Lipinski definition) is 1. The van der Waals surface area contributed by atoms with Crippen LogP contribution in [0.15, 0.2) is 0 Å². The number of fused-ring (bicyclic) bond motifs is 1. The number of rotatable bonds is 4. The molecule has 0 bridgehead atoms. The van der Waals surface area contributed by atoms with Gasteiger partial charge in [0.25, 0.3) is 5.91 Å². The minimum absolute atomic E-state index is 0.0703. The Bertz CT molecular complexity index is 860. The Balaban J connectivity index is 1.50. The molecular formula is C17H20N4O3S2. The fourth-order valence-corrected chi connectivity index (χ4v) is 5.49. The molecule has 1 unspecified atom stereocenters. The van der Waals surface area contributed by atoms with Crippen LogP contribution >= 0.6 is 22.7 Å². The number of anilines is 1. The first-order chi connectivity index (χ1) is 12.6. The molecule has 2 aromatic heterocycles. The van der Waals surface area contributed by atoms with Crippen LogP contribution in [0.4, 0.5) is 5.13 Å². The van der Waals surface area contributed by atoms with E-state index in [0.717, 1.165) is 46.6 Å². The number of aryl methyl sites for hydroxylation is 1. The molecule has 9 heteroatoms. The van der Waals surface area contributed by atoms with E-state index in [1.807, 2.05) is 6.92 Å². The Kier molecular flexibility index (Phi) is 4.66. The molecule has 1 fully saturated rings. The summed E-state index contributed by atoms with van der Waals surface area (Å²) in [6.45, 7) is 6.40. The average Bonchev–Trinajstić information content (AvgIpc) is 3.32. The molecule has 0 saturated carbocycles. The maximum atomic E-state index is 12.0. The summed E-state index contributed by atoms with van der Waals surface area (Å²) in [5.74, 6) is -0.0852. The van der Waals surface area contributed by atoms with Gasteiger partial charge < -0.3 is 15.0 Å². The molecule has 2 aromatic rings. The highest BCUT2D eigenvalue weighted by atomic mass is 32.1. The van der Waals surface area contributed by atoms with Crippen molar-refractivity contribution in [1.29, 1.82) is 0 Å². The van der Waals surface area contributed by atoms with Gasteiger partial charge in [-0.3, -0.25) is 4.79 Å². The Morgan fingerprint density at radius 1 is 1.38 bits per heavy atom. The summed E-state index contributed by atoms with van der Waals surface area (Å²) in [5, 5.41) is 4.73. The first-order valence-corrected chi connectivity index (χ1v) is 10.4. The van der Waals surface area contributed by atoms with E-state index in [1.54, 1.807) is 18.3 Å². The van der Waals surface area contributed by atoms with Crippen molar-refractivity contribution in [2.75, 3.05) is 31.1 Å². The van der Waals surface area contributed by atoms with Crippen LogP contribution in [0.2, 0.25) is 0 Å². The second-order valence-electron chi connectivity index (χ2n) is 6.39. The van der Waals surface area contributed by atoms with Gasteiger partial charge in [-0.1, -0.05) is 0 Å². The van der Waals surface area contributed by atoms with Gasteiger partial charge >= 0.3 is 5.97 Å². The van der Waals surface area contributed by atoms with Crippen LogP contribution in [0.5, 0.6) is 0 Å². The highest BCUT2D eigenvalue weighted by Gasteiger charge is 2.31. The molecule has 1 atom stereocenters. The zero-order valence-electron chi connectivity index (χ0n) is 14.7. The number of aromatic nitrogens is 2. The van der Waals surface area contributed by atoms with Crippen molar-refractivity contribution in [3.8, 4) is 0 Å². The van der Waals surface area contributed by atoms with Crippen molar-refractivity contribution in [2.24, 2.45) is 0 Å². The average molecular weight is 393 g/mol. The first-order valence-electron chi connectivity index (χ1n) is 8.74. The number of nitrogens with zero attached hydrogens (tertiary/aromatic N) is 3. The third kappa shape index (κ3) is 3.09. The highest BCUT2D eigenvalue weighted by molar-refractivity contribution is 7.16. The summed E-state index contributed by atoms with van der Waals surface area (Å²) < 4.78 is 5.11. The van der Waals surface area contributed by atoms with Crippen molar-refractivity contribution >= 4 is 39.7 Å². The molecule has 0 aliphatic carbocycles. The number of hydrogen-bond acceptors (Lipinski definition) is 8. The predicted octanol–water partition coefficient (Wildman–Crippen LogP) is 2.36. The van der Waals surface area contributed by atoms with Gasteiger partial charge in [-0.25, -0.2) is 14.8 Å². The second-order valence-corrected chi connectivity index (χ2v) is 8.49. The van der Waals surface area contributed by atoms with E-state index in [0.29, 0.717) is 23.7 Å². The molecule has 4 heterocycles. The molecule has 2 aliphatic heterocycles. The van der Waals surface area contributed by atoms with Crippen molar-refractivity contribution in [1.82, 2.24) is 15.3 Å². The Labute approximate surface area is 159 Å². The smallest absolute Gasteiger partial charge is 0.350 e. The van der Waals surface area contributed by atoms with E-state index >= 15 is 0 Å². The lowest BCUT2D eigenvalue weighted by Gasteiger charge is -2.13. The summed E-state index contributed by atoms with van der Waals surface area (Å²) in [5.41, 5.74) is 1.32. The molecule has 0 spiro atoms. The number of nitrogens with one attached hydrogen (secondary N) is 1. The molecule has 4 rings (SSSR count). The Morgan fingerprint density at radius 2 is 2.23 bits per heavy atom. The van der Waals surface area contributed by atoms with Gasteiger partial charge in [0.05, 0.1) is 17.3 Å². The maximum absolute atomic E-state index is 12.0. The highest BCUT2D eigenvalue weighted by Crippen LogP contribution is 2.37. The SMILES string of the molecule is CCOC(=O)c1sc(C2CCN(c3nc4c(s3)CCNC4=O)C2)nc1C. The van der Waals surface area contributed by atoms with Gasteiger partial charge in [0, 0.05) is 36.9 Å². The van der Waals surface area contributed by atoms with E-state index in [-0.39, 0.29) is 17.8 Å². The molecule has 26 heavy (non-hydrogen) atoms. The lowest BCUT2D eigenvalue weighted by molar-refractivity contribution is 0.0531. The van der Waals surface area contributed by atoms with E-state index in [4.69, 9.17) is 4.74 Å². The molecular weight excluding hydrogens is 372 g/mol. The lowest BCUT2D eigenvalue weighted by Crippen LogP contribution is -2.31. The quantitative estimate of drug-likeness (QED) is 0.804. The van der Waals surface area contributed by atoms with Crippen molar-refractivity contribution in [3.05, 3.63) is 26.1 Å². The lowest BCUT2D eigenvalue weighted by atomic mass is 10.1. The molecule has 1 N–H and O–H groups in total. The van der Waals surface area contributed by atoms with Crippen LogP contribution in [0.1, 0.15) is 55.0 Å². The number of thiazole rings is 2. The van der Waals surface area contributed by atoms with Gasteiger partial charge in [-0.05, 0) is 20.3 Å². The molecule has 1 saturated heterocycles. The summed E-state index contributed by atoms with van der Waals surface area (Å²) >= 11 is 3.05. The first kappa shape index (κ1) is 17.4. The molecule has 138 valence electrons. The third-order valence-electron chi connectivity index (χ3n) is 4.62. The fourth-order valence-electron chi connectivity index (χ4n) is 3.31. The van der Waals surface area contributed by atoms with Gasteiger partial charge in [-0.15, -0.1) is 22.7 Å². The van der Waals surface area contributed by atoms with Crippen molar-refractivity contribution < 1.29 is 14.3 Å². The van der Waals surface area contributed by atoms with Crippen LogP contribution in [0.3, 0.4) is 0 Å². The molecule has 0 aromatic carbocycles. The molecule has 1 amide bonds. The van der Waals surface area contributed by atoms with Crippen LogP contribution in [0.25, 0.3) is 0 Å². The van der Waals surface area contributed by atoms with Crippen molar-refractivity contribution in [2.45, 2.75) is 32.6 Å². The van der Waals surface area contributed by atoms with Gasteiger partial charge in [0.2, 0.25) is 0 Å². The van der Waals surface area contributed by atoms with Gasteiger partial charge in [0.1, 0.15) is 10.6 Å². The minimum atomic E-state index is -0.290. The number of esters is 1. The van der Waals surface area contributed by atoms with E-state index in [1.165, 1.54) is 11.3 Å². The normalized spacial score (nSPS) is 19.4. The molecule has 7 nitrogen and oxygen atoms in total.